The first kappa shape index (κ1) is 40.2. The highest BCUT2D eigenvalue weighted by atomic mass is 19.1. The van der Waals surface area contributed by atoms with Gasteiger partial charge in [-0.25, -0.2) is 8.78 Å². The molecule has 0 radical (unpaired) electrons. The third kappa shape index (κ3) is 8.91. The third-order valence-electron chi connectivity index (χ3n) is 11.2. The van der Waals surface area contributed by atoms with Gasteiger partial charge in [-0.2, -0.15) is 5.26 Å². The van der Waals surface area contributed by atoms with Crippen LogP contribution in [0.1, 0.15) is 88.8 Å². The number of nitrogens with zero attached hydrogens (tertiary/aromatic N) is 3. The lowest BCUT2D eigenvalue weighted by atomic mass is 9.92. The van der Waals surface area contributed by atoms with Crippen LogP contribution in [0.4, 0.5) is 8.78 Å². The zero-order chi connectivity index (χ0) is 40.8. The van der Waals surface area contributed by atoms with E-state index in [-0.39, 0.29) is 34.8 Å². The van der Waals surface area contributed by atoms with Gasteiger partial charge >= 0.3 is 0 Å². The van der Waals surface area contributed by atoms with Gasteiger partial charge in [-0.1, -0.05) is 62.1 Å². The van der Waals surface area contributed by atoms with Crippen LogP contribution in [0.2, 0.25) is 0 Å². The van der Waals surface area contributed by atoms with Gasteiger partial charge in [0.15, 0.2) is 0 Å². The van der Waals surface area contributed by atoms with E-state index in [0.29, 0.717) is 53.5 Å². The summed E-state index contributed by atoms with van der Waals surface area (Å²) in [4.78, 5) is 25.9. The molecule has 4 N–H and O–H groups in total. The molecule has 4 aromatic carbocycles. The number of benzene rings is 4. The number of nitrogens with one attached hydrogen (secondary N) is 2. The number of nitriles is 1. The number of aliphatic hydroxyl groups is 2. The summed E-state index contributed by atoms with van der Waals surface area (Å²) in [5.41, 5.74) is 4.39. The summed E-state index contributed by atoms with van der Waals surface area (Å²) in [5.74, 6) is -0.826. The smallest absolute Gasteiger partial charge is 0.253 e. The fourth-order valence-electron chi connectivity index (χ4n) is 8.08. The van der Waals surface area contributed by atoms with E-state index >= 15 is 0 Å². The monoisotopic (exact) mass is 787 g/mol. The minimum absolute atomic E-state index is 0.268. The Balaban J connectivity index is 0.000000177. The maximum Gasteiger partial charge on any atom is 0.253 e. The fraction of sp³-hybridized carbons (Fsp3) is 0.326. The number of fused-ring (bicyclic) bond motifs is 2. The SMILES string of the molecule is COc1ccc(Cn2cc(C(=O)N[C@H]3CCCC[C@@H]3O)c3c(F)cccc32)cc1.N#Cc1ccc(Cn2cc(C(=O)N[C@H]3CCCC[C@@H]3O)c3c(F)cccc32)cc1. The van der Waals surface area contributed by atoms with Gasteiger partial charge in [0.2, 0.25) is 0 Å². The van der Waals surface area contributed by atoms with Crippen molar-refractivity contribution in [3.8, 4) is 11.8 Å². The van der Waals surface area contributed by atoms with Crippen molar-refractivity contribution in [1.82, 2.24) is 19.8 Å². The first-order valence-electron chi connectivity index (χ1n) is 19.8. The van der Waals surface area contributed by atoms with Crippen LogP contribution >= 0.6 is 0 Å². The summed E-state index contributed by atoms with van der Waals surface area (Å²) >= 11 is 0. The topological polar surface area (TPSA) is 142 Å². The van der Waals surface area contributed by atoms with Crippen molar-refractivity contribution in [2.75, 3.05) is 7.11 Å². The molecule has 12 heteroatoms. The molecule has 4 atom stereocenters. The van der Waals surface area contributed by atoms with Crippen LogP contribution in [0, 0.1) is 23.0 Å². The van der Waals surface area contributed by atoms with E-state index in [2.05, 4.69) is 16.7 Å². The van der Waals surface area contributed by atoms with Crippen LogP contribution in [0.5, 0.6) is 5.75 Å². The average Bonchev–Trinajstić information content (AvgIpc) is 3.80. The van der Waals surface area contributed by atoms with Crippen LogP contribution in [0.3, 0.4) is 0 Å². The molecule has 2 fully saturated rings. The van der Waals surface area contributed by atoms with Gasteiger partial charge in [-0.3, -0.25) is 9.59 Å². The van der Waals surface area contributed by atoms with Crippen molar-refractivity contribution in [3.63, 3.8) is 0 Å². The van der Waals surface area contributed by atoms with Crippen LogP contribution < -0.4 is 15.4 Å². The predicted molar refractivity (Wildman–Crippen MR) is 218 cm³/mol. The Morgan fingerprint density at radius 3 is 1.53 bits per heavy atom. The number of halogens is 2. The van der Waals surface area contributed by atoms with Crippen LogP contribution in [0.15, 0.2) is 97.3 Å². The number of hydrogen-bond acceptors (Lipinski definition) is 6. The molecule has 6 aromatic rings. The van der Waals surface area contributed by atoms with Crippen molar-refractivity contribution < 1.29 is 33.3 Å². The Labute approximate surface area is 335 Å². The number of amides is 2. The molecular weight excluding hydrogens is 741 g/mol. The van der Waals surface area contributed by atoms with E-state index < -0.39 is 23.8 Å². The second-order valence-electron chi connectivity index (χ2n) is 15.1. The molecular formula is C46H47F2N5O5. The predicted octanol–water partition coefficient (Wildman–Crippen LogP) is 7.60. The molecule has 58 heavy (non-hydrogen) atoms. The standard InChI is InChI=1S/C23H22FN3O2.C23H25FN2O3/c24-18-4-3-6-20-22(18)17(23(29)26-19-5-1-2-7-21(19)28)14-27(20)13-16-10-8-15(12-25)9-11-16;1-29-16-11-9-15(10-12-16)13-26-14-17(22-18(24)5-4-7-20(22)26)23(28)25-19-6-2-3-8-21(19)27/h3-4,6,8-11,14,19,21,28H,1-2,5,7,13H2,(H,26,29);4-5,7,9-12,14,19,21,27H,2-3,6,8,13H2,1H3,(H,25,28)/t2*19-,21-/m00/s1. The van der Waals surface area contributed by atoms with Crippen molar-refractivity contribution in [2.45, 2.75) is 88.7 Å². The fourth-order valence-corrected chi connectivity index (χ4v) is 8.08. The van der Waals surface area contributed by atoms with Gasteiger partial charge in [0.25, 0.3) is 11.8 Å². The van der Waals surface area contributed by atoms with E-state index in [0.717, 1.165) is 55.4 Å². The van der Waals surface area contributed by atoms with Crippen LogP contribution in [-0.4, -0.2) is 62.6 Å². The first-order valence-corrected chi connectivity index (χ1v) is 19.8. The molecule has 0 spiro atoms. The average molecular weight is 788 g/mol. The van der Waals surface area contributed by atoms with Gasteiger partial charge < -0.3 is 34.7 Å². The molecule has 300 valence electrons. The second kappa shape index (κ2) is 18.1. The maximum absolute atomic E-state index is 14.7. The molecule has 0 bridgehead atoms. The molecule has 2 amide bonds. The molecule has 0 aliphatic heterocycles. The molecule has 0 unspecified atom stereocenters. The minimum Gasteiger partial charge on any atom is -0.497 e. The molecule has 10 nitrogen and oxygen atoms in total. The quantitative estimate of drug-likeness (QED) is 0.119. The van der Waals surface area contributed by atoms with E-state index in [1.165, 1.54) is 12.1 Å². The maximum atomic E-state index is 14.7. The summed E-state index contributed by atoms with van der Waals surface area (Å²) in [5, 5.41) is 35.7. The highest BCUT2D eigenvalue weighted by Gasteiger charge is 2.28. The molecule has 2 heterocycles. The third-order valence-corrected chi connectivity index (χ3v) is 11.2. The van der Waals surface area contributed by atoms with E-state index in [4.69, 9.17) is 10.00 Å². The van der Waals surface area contributed by atoms with Gasteiger partial charge in [0, 0.05) is 36.3 Å². The van der Waals surface area contributed by atoms with E-state index in [1.807, 2.05) is 51.6 Å². The number of ether oxygens (including phenoxy) is 1. The van der Waals surface area contributed by atoms with Gasteiger partial charge in [0.1, 0.15) is 17.4 Å². The van der Waals surface area contributed by atoms with Gasteiger partial charge in [-0.15, -0.1) is 0 Å². The van der Waals surface area contributed by atoms with Crippen molar-refractivity contribution >= 4 is 33.6 Å². The number of carbonyl (C=O) groups is 2. The number of rotatable bonds is 9. The summed E-state index contributed by atoms with van der Waals surface area (Å²) in [6.45, 7) is 0.953. The summed E-state index contributed by atoms with van der Waals surface area (Å²) in [6.07, 6.45) is 8.88. The Morgan fingerprint density at radius 1 is 0.690 bits per heavy atom. The molecule has 2 saturated carbocycles. The molecule has 8 rings (SSSR count). The summed E-state index contributed by atoms with van der Waals surface area (Å²) in [6, 6.07) is 25.9. The molecule has 2 aliphatic carbocycles. The number of carbonyl (C=O) groups excluding carboxylic acids is 2. The normalized spacial score (nSPS) is 19.2. The Bertz CT molecular complexity index is 2440. The lowest BCUT2D eigenvalue weighted by Gasteiger charge is -2.28. The van der Waals surface area contributed by atoms with Crippen LogP contribution in [-0.2, 0) is 13.1 Å². The molecule has 2 aromatic heterocycles. The zero-order valence-corrected chi connectivity index (χ0v) is 32.3. The van der Waals surface area contributed by atoms with Gasteiger partial charge in [0.05, 0.1) is 65.2 Å². The largest absolute Gasteiger partial charge is 0.497 e. The number of hydrogen-bond donors (Lipinski definition) is 4. The van der Waals surface area contributed by atoms with Crippen molar-refractivity contribution in [3.05, 3.63) is 137 Å². The first-order chi connectivity index (χ1) is 28.1. The highest BCUT2D eigenvalue weighted by molar-refractivity contribution is 6.08. The lowest BCUT2D eigenvalue weighted by molar-refractivity contribution is 0.0716. The Kier molecular flexibility index (Phi) is 12.5. The van der Waals surface area contributed by atoms with Gasteiger partial charge in [-0.05, 0) is 85.3 Å². The van der Waals surface area contributed by atoms with Crippen LogP contribution in [0.25, 0.3) is 21.8 Å². The van der Waals surface area contributed by atoms with Crippen molar-refractivity contribution in [2.24, 2.45) is 0 Å². The lowest BCUT2D eigenvalue weighted by Crippen LogP contribution is -2.45. The molecule has 2 aliphatic rings. The summed E-state index contributed by atoms with van der Waals surface area (Å²) in [7, 11) is 1.62. The number of aromatic nitrogens is 2. The number of aliphatic hydroxyl groups excluding tert-OH is 2. The van der Waals surface area contributed by atoms with E-state index in [1.54, 1.807) is 49.8 Å². The minimum atomic E-state index is -0.565. The Hall–Kier alpha value is -6.03. The van der Waals surface area contributed by atoms with Crippen molar-refractivity contribution in [1.29, 1.82) is 5.26 Å². The zero-order valence-electron chi connectivity index (χ0n) is 32.3. The van der Waals surface area contributed by atoms with E-state index in [9.17, 15) is 28.6 Å². The number of methoxy groups -OCH3 is 1. The Morgan fingerprint density at radius 2 is 1.12 bits per heavy atom. The second-order valence-corrected chi connectivity index (χ2v) is 15.1. The highest BCUT2D eigenvalue weighted by Crippen LogP contribution is 2.29. The molecule has 0 saturated heterocycles. The summed E-state index contributed by atoms with van der Waals surface area (Å²) < 4.78 is 38.2.